The van der Waals surface area contributed by atoms with E-state index in [-0.39, 0.29) is 11.9 Å². The Morgan fingerprint density at radius 1 is 1.00 bits per heavy atom. The van der Waals surface area contributed by atoms with Crippen LogP contribution in [0.1, 0.15) is 36.3 Å². The Labute approximate surface area is 200 Å². The van der Waals surface area contributed by atoms with Gasteiger partial charge in [-0.2, -0.15) is 0 Å². The topological polar surface area (TPSA) is 65.4 Å². The number of carbonyl (C=O) groups is 1. The second-order valence-corrected chi connectivity index (χ2v) is 8.44. The van der Waals surface area contributed by atoms with Crippen molar-refractivity contribution >= 4 is 16.9 Å². The smallest absolute Gasteiger partial charge is 0.224 e. The molecule has 0 saturated heterocycles. The summed E-state index contributed by atoms with van der Waals surface area (Å²) in [5.74, 6) is 2.46. The Kier molecular flexibility index (Phi) is 7.48. The molecule has 1 aromatic heterocycles. The highest BCUT2D eigenvalue weighted by atomic mass is 16.5. The van der Waals surface area contributed by atoms with Crippen LogP contribution in [-0.2, 0) is 17.8 Å². The van der Waals surface area contributed by atoms with E-state index in [1.165, 1.54) is 5.56 Å². The van der Waals surface area contributed by atoms with Crippen LogP contribution in [0.2, 0.25) is 0 Å². The van der Waals surface area contributed by atoms with Crippen molar-refractivity contribution < 1.29 is 14.3 Å². The zero-order valence-electron chi connectivity index (χ0n) is 20.0. The highest BCUT2D eigenvalue weighted by molar-refractivity contribution is 5.79. The molecule has 0 aliphatic carbocycles. The minimum atomic E-state index is -0.226. The van der Waals surface area contributed by atoms with Gasteiger partial charge in [0.15, 0.2) is 0 Å². The van der Waals surface area contributed by atoms with Gasteiger partial charge < -0.3 is 19.4 Å². The third-order valence-electron chi connectivity index (χ3n) is 5.79. The molecule has 34 heavy (non-hydrogen) atoms. The van der Waals surface area contributed by atoms with Gasteiger partial charge >= 0.3 is 0 Å². The highest BCUT2D eigenvalue weighted by Gasteiger charge is 2.18. The van der Waals surface area contributed by atoms with Crippen LogP contribution in [0.3, 0.4) is 0 Å². The Bertz CT molecular complexity index is 1230. The van der Waals surface area contributed by atoms with E-state index in [2.05, 4.69) is 22.9 Å². The SMILES string of the molecule is COc1ccc(CC(=O)NC(C)c2nc3ccccc3n2CCCOc2ccc(C)cc2)cc1. The number of hydrogen-bond donors (Lipinski definition) is 1. The van der Waals surface area contributed by atoms with Crippen molar-refractivity contribution in [1.82, 2.24) is 14.9 Å². The lowest BCUT2D eigenvalue weighted by atomic mass is 10.1. The zero-order valence-corrected chi connectivity index (χ0v) is 20.0. The largest absolute Gasteiger partial charge is 0.497 e. The van der Waals surface area contributed by atoms with Crippen LogP contribution in [0.25, 0.3) is 11.0 Å². The molecular weight excluding hydrogens is 426 g/mol. The van der Waals surface area contributed by atoms with E-state index in [0.29, 0.717) is 13.0 Å². The minimum absolute atomic E-state index is 0.0426. The molecule has 0 fully saturated rings. The number of methoxy groups -OCH3 is 1. The molecule has 1 unspecified atom stereocenters. The lowest BCUT2D eigenvalue weighted by Crippen LogP contribution is -2.30. The molecule has 4 rings (SSSR count). The minimum Gasteiger partial charge on any atom is -0.497 e. The van der Waals surface area contributed by atoms with Crippen molar-refractivity contribution in [1.29, 1.82) is 0 Å². The predicted octanol–water partition coefficient (Wildman–Crippen LogP) is 5.24. The van der Waals surface area contributed by atoms with Gasteiger partial charge in [0.25, 0.3) is 0 Å². The van der Waals surface area contributed by atoms with Crippen molar-refractivity contribution in [2.75, 3.05) is 13.7 Å². The van der Waals surface area contributed by atoms with Gasteiger partial charge in [-0.1, -0.05) is 42.0 Å². The average molecular weight is 458 g/mol. The van der Waals surface area contributed by atoms with Gasteiger partial charge in [-0.15, -0.1) is 0 Å². The number of aryl methyl sites for hydroxylation is 2. The molecule has 0 spiro atoms. The summed E-state index contributed by atoms with van der Waals surface area (Å²) in [4.78, 5) is 17.6. The number of amides is 1. The standard InChI is InChI=1S/C28H31N3O3/c1-20-9-13-24(14-10-20)34-18-6-17-31-26-8-5-4-7-25(26)30-28(31)21(2)29-27(32)19-22-11-15-23(33-3)16-12-22/h4-5,7-16,21H,6,17-19H2,1-3H3,(H,29,32). The highest BCUT2D eigenvalue weighted by Crippen LogP contribution is 2.22. The first-order chi connectivity index (χ1) is 16.5. The fourth-order valence-electron chi connectivity index (χ4n) is 3.99. The number of hydrogen-bond acceptors (Lipinski definition) is 4. The molecule has 3 aromatic carbocycles. The van der Waals surface area contributed by atoms with Crippen LogP contribution < -0.4 is 14.8 Å². The van der Waals surface area contributed by atoms with Gasteiger partial charge in [-0.05, 0) is 62.2 Å². The molecule has 4 aromatic rings. The van der Waals surface area contributed by atoms with Crippen molar-refractivity contribution in [3.63, 3.8) is 0 Å². The lowest BCUT2D eigenvalue weighted by Gasteiger charge is -2.17. The average Bonchev–Trinajstić information content (AvgIpc) is 3.22. The van der Waals surface area contributed by atoms with Crippen LogP contribution in [-0.4, -0.2) is 29.2 Å². The maximum absolute atomic E-state index is 12.7. The summed E-state index contributed by atoms with van der Waals surface area (Å²) in [6, 6.07) is 23.5. The Morgan fingerprint density at radius 2 is 1.71 bits per heavy atom. The number of fused-ring (bicyclic) bond motifs is 1. The molecule has 6 heteroatoms. The molecule has 6 nitrogen and oxygen atoms in total. The number of benzene rings is 3. The number of nitrogens with one attached hydrogen (secondary N) is 1. The summed E-state index contributed by atoms with van der Waals surface area (Å²) in [5.41, 5.74) is 4.13. The number of rotatable bonds is 10. The molecule has 1 atom stereocenters. The van der Waals surface area contributed by atoms with Crippen LogP contribution in [0.15, 0.2) is 72.8 Å². The molecule has 1 amide bonds. The third-order valence-corrected chi connectivity index (χ3v) is 5.79. The predicted molar refractivity (Wildman–Crippen MR) is 134 cm³/mol. The van der Waals surface area contributed by atoms with Gasteiger partial charge in [-0.3, -0.25) is 4.79 Å². The molecular formula is C28H31N3O3. The molecule has 0 radical (unpaired) electrons. The van der Waals surface area contributed by atoms with E-state index in [0.717, 1.165) is 46.9 Å². The van der Waals surface area contributed by atoms with E-state index in [1.807, 2.05) is 73.7 Å². The number of carbonyl (C=O) groups excluding carboxylic acids is 1. The van der Waals surface area contributed by atoms with Crippen LogP contribution in [0.5, 0.6) is 11.5 Å². The second-order valence-electron chi connectivity index (χ2n) is 8.44. The summed E-state index contributed by atoms with van der Waals surface area (Å²) in [5, 5.41) is 3.11. The molecule has 0 bridgehead atoms. The van der Waals surface area contributed by atoms with Crippen molar-refractivity contribution in [2.24, 2.45) is 0 Å². The van der Waals surface area contributed by atoms with Crippen LogP contribution in [0, 0.1) is 6.92 Å². The number of aromatic nitrogens is 2. The van der Waals surface area contributed by atoms with E-state index in [1.54, 1.807) is 7.11 Å². The first kappa shape index (κ1) is 23.4. The van der Waals surface area contributed by atoms with Gasteiger partial charge in [0.1, 0.15) is 17.3 Å². The molecule has 0 aliphatic heterocycles. The number of para-hydroxylation sites is 2. The van der Waals surface area contributed by atoms with E-state index < -0.39 is 0 Å². The van der Waals surface area contributed by atoms with E-state index in [9.17, 15) is 4.79 Å². The molecule has 176 valence electrons. The van der Waals surface area contributed by atoms with Crippen molar-refractivity contribution in [3.05, 3.63) is 89.7 Å². The van der Waals surface area contributed by atoms with Gasteiger partial charge in [0.05, 0.1) is 37.2 Å². The Morgan fingerprint density at radius 3 is 2.44 bits per heavy atom. The summed E-state index contributed by atoms with van der Waals surface area (Å²) >= 11 is 0. The van der Waals surface area contributed by atoms with E-state index >= 15 is 0 Å². The van der Waals surface area contributed by atoms with Crippen molar-refractivity contribution in [2.45, 2.75) is 39.3 Å². The normalized spacial score (nSPS) is 11.9. The summed E-state index contributed by atoms with van der Waals surface area (Å²) in [7, 11) is 1.63. The van der Waals surface area contributed by atoms with Crippen LogP contribution in [0.4, 0.5) is 0 Å². The second kappa shape index (κ2) is 10.9. The maximum Gasteiger partial charge on any atom is 0.224 e. The summed E-state index contributed by atoms with van der Waals surface area (Å²) in [6.45, 7) is 5.40. The molecule has 0 aliphatic rings. The number of nitrogens with zero attached hydrogens (tertiary/aromatic N) is 2. The van der Waals surface area contributed by atoms with Crippen LogP contribution >= 0.6 is 0 Å². The van der Waals surface area contributed by atoms with Crippen molar-refractivity contribution in [3.8, 4) is 11.5 Å². The first-order valence-corrected chi connectivity index (χ1v) is 11.6. The molecule has 0 saturated carbocycles. The van der Waals surface area contributed by atoms with E-state index in [4.69, 9.17) is 14.5 Å². The maximum atomic E-state index is 12.7. The first-order valence-electron chi connectivity index (χ1n) is 11.6. The Balaban J connectivity index is 1.41. The third kappa shape index (κ3) is 5.76. The lowest BCUT2D eigenvalue weighted by molar-refractivity contribution is -0.121. The molecule has 1 N–H and O–H groups in total. The molecule has 1 heterocycles. The number of ether oxygens (including phenoxy) is 2. The van der Waals surface area contributed by atoms with Gasteiger partial charge in [0.2, 0.25) is 5.91 Å². The van der Waals surface area contributed by atoms with Gasteiger partial charge in [0, 0.05) is 6.54 Å². The zero-order chi connectivity index (χ0) is 23.9. The quantitative estimate of drug-likeness (QED) is 0.331. The Hall–Kier alpha value is -3.80. The fourth-order valence-corrected chi connectivity index (χ4v) is 3.99. The fraction of sp³-hybridized carbons (Fsp3) is 0.286. The van der Waals surface area contributed by atoms with Gasteiger partial charge in [-0.25, -0.2) is 4.98 Å². The summed E-state index contributed by atoms with van der Waals surface area (Å²) < 4.78 is 13.3. The number of imidazole rings is 1. The monoisotopic (exact) mass is 457 g/mol. The summed E-state index contributed by atoms with van der Waals surface area (Å²) in [6.07, 6.45) is 1.13.